The van der Waals surface area contributed by atoms with E-state index < -0.39 is 42.2 Å². The summed E-state index contributed by atoms with van der Waals surface area (Å²) in [4.78, 5) is 9.90. The maximum atomic E-state index is 9.90. The SMILES string of the molecule is CC(C)(C)OC([NH-])=O.[Y].[c-]1ccc(Cc2cccc(C3O[C@H](COCc4ccccc4)C(OCc4ccccc4)[C@H](OCc4ccccc4)[C@H]3OCc3ccccc3)c2)cc1. The van der Waals surface area contributed by atoms with Crippen molar-refractivity contribution in [1.82, 2.24) is 0 Å². The van der Waals surface area contributed by atoms with Crippen LogP contribution in [0.5, 0.6) is 0 Å². The van der Waals surface area contributed by atoms with Gasteiger partial charge in [-0.25, -0.2) is 0 Å². The summed E-state index contributed by atoms with van der Waals surface area (Å²) in [7, 11) is 0. The number of hydrogen-bond donors (Lipinski definition) is 0. The minimum atomic E-state index is -0.975. The maximum Gasteiger partial charge on any atom is 0.227 e. The second kappa shape index (κ2) is 24.8. The first kappa shape index (κ1) is 47.5. The summed E-state index contributed by atoms with van der Waals surface area (Å²) in [5.74, 6) is 0. The van der Waals surface area contributed by atoms with Crippen LogP contribution in [0.2, 0.25) is 0 Å². The van der Waals surface area contributed by atoms with Crippen LogP contribution in [-0.4, -0.2) is 42.7 Å². The number of carbonyl (C=O) groups is 1. The molecule has 6 aromatic carbocycles. The van der Waals surface area contributed by atoms with E-state index in [0.29, 0.717) is 33.0 Å². The average molecular weight is 895 g/mol. The molecule has 2 unspecified atom stereocenters. The molecule has 7 rings (SSSR count). The van der Waals surface area contributed by atoms with Crippen molar-refractivity contribution in [1.29, 1.82) is 0 Å². The van der Waals surface area contributed by atoms with Crippen molar-refractivity contribution >= 4 is 6.09 Å². The number of nitrogens with one attached hydrogen (secondary N) is 1. The zero-order valence-electron chi connectivity index (χ0n) is 35.2. The van der Waals surface area contributed by atoms with E-state index in [1.54, 1.807) is 20.8 Å². The second-order valence-corrected chi connectivity index (χ2v) is 15.7. The van der Waals surface area contributed by atoms with Crippen molar-refractivity contribution in [2.24, 2.45) is 0 Å². The summed E-state index contributed by atoms with van der Waals surface area (Å²) in [6.45, 7) is 7.15. The first-order valence-electron chi connectivity index (χ1n) is 20.4. The molecule has 1 fully saturated rings. The van der Waals surface area contributed by atoms with Crippen LogP contribution in [0, 0.1) is 6.07 Å². The molecule has 1 N–H and O–H groups in total. The van der Waals surface area contributed by atoms with Gasteiger partial charge < -0.3 is 34.2 Å². The molecule has 61 heavy (non-hydrogen) atoms. The van der Waals surface area contributed by atoms with E-state index in [-0.39, 0.29) is 32.7 Å². The van der Waals surface area contributed by atoms with Gasteiger partial charge in [0.05, 0.1) is 33.0 Å². The molecule has 0 bridgehead atoms. The molecule has 1 saturated heterocycles. The van der Waals surface area contributed by atoms with Gasteiger partial charge in [0.25, 0.3) is 0 Å². The number of hydrogen-bond acceptors (Lipinski definition) is 7. The first-order valence-corrected chi connectivity index (χ1v) is 20.4. The van der Waals surface area contributed by atoms with Crippen LogP contribution in [0.3, 0.4) is 0 Å². The molecular formula is C52H55NO7Y-2. The summed E-state index contributed by atoms with van der Waals surface area (Å²) < 4.78 is 38.7. The van der Waals surface area contributed by atoms with Crippen LogP contribution in [0.25, 0.3) is 5.73 Å². The predicted octanol–water partition coefficient (Wildman–Crippen LogP) is 11.5. The maximum absolute atomic E-state index is 9.90. The number of amides is 1. The fourth-order valence-electron chi connectivity index (χ4n) is 6.99. The molecule has 0 saturated carbocycles. The summed E-state index contributed by atoms with van der Waals surface area (Å²) in [6, 6.07) is 60.9. The van der Waals surface area contributed by atoms with Gasteiger partial charge in [-0.3, -0.25) is 4.79 Å². The third kappa shape index (κ3) is 16.0. The molecule has 5 atom stereocenters. The fourth-order valence-corrected chi connectivity index (χ4v) is 6.99. The summed E-state index contributed by atoms with van der Waals surface area (Å²) in [5.41, 5.74) is 13.6. The third-order valence-electron chi connectivity index (χ3n) is 9.76. The van der Waals surface area contributed by atoms with Gasteiger partial charge in [-0.05, 0) is 60.6 Å². The van der Waals surface area contributed by atoms with Crippen molar-refractivity contribution in [2.75, 3.05) is 6.61 Å². The second-order valence-electron chi connectivity index (χ2n) is 15.7. The Morgan fingerprint density at radius 2 is 1.03 bits per heavy atom. The standard InChI is InChI=1S/C47H45O5.C5H11NO2.Y/c1-6-17-36(18-7-1)29-41-27-16-28-42(30-41)44-46(50-33-39-23-12-4-13-24-39)47(51-34-40-25-14-5-15-26-40)45(49-32-38-21-10-3-11-22-38)43(52-44)35-48-31-37-19-8-2-9-20-37;1-5(2,3)8-4(6)7;/h2-28,30,43-47H,29,31-35H2;1-3H3,(H2,6,7);/q-1;;/p-1/t43-,44?,45?,46+,47+;;/m1../s1. The minimum Gasteiger partial charge on any atom is -0.632 e. The van der Waals surface area contributed by atoms with E-state index in [2.05, 4.69) is 95.7 Å². The van der Waals surface area contributed by atoms with Gasteiger partial charge in [-0.1, -0.05) is 146 Å². The Hall–Kier alpha value is -4.51. The molecule has 8 nitrogen and oxygen atoms in total. The molecule has 1 radical (unpaired) electrons. The third-order valence-corrected chi connectivity index (χ3v) is 9.76. The van der Waals surface area contributed by atoms with Crippen molar-refractivity contribution in [2.45, 2.75) is 89.7 Å². The number of rotatable bonds is 16. The van der Waals surface area contributed by atoms with Crippen molar-refractivity contribution in [3.05, 3.63) is 221 Å². The Bertz CT molecular complexity index is 2120. The number of benzene rings is 6. The molecular weight excluding hydrogens is 839 g/mol. The quantitative estimate of drug-likeness (QED) is 0.0893. The summed E-state index contributed by atoms with van der Waals surface area (Å²) in [6.07, 6.45) is -2.52. The van der Waals surface area contributed by atoms with E-state index in [0.717, 1.165) is 34.2 Å². The van der Waals surface area contributed by atoms with E-state index in [4.69, 9.17) is 29.4 Å². The Labute approximate surface area is 386 Å². The zero-order chi connectivity index (χ0) is 42.0. The molecule has 0 spiro atoms. The van der Waals surface area contributed by atoms with Crippen LogP contribution < -0.4 is 0 Å². The molecule has 1 aliphatic rings. The van der Waals surface area contributed by atoms with Gasteiger partial charge in [0.2, 0.25) is 6.09 Å². The largest absolute Gasteiger partial charge is 0.632 e. The van der Waals surface area contributed by atoms with E-state index in [1.165, 1.54) is 11.1 Å². The minimum absolute atomic E-state index is 0. The fraction of sp³-hybridized carbons (Fsp3) is 0.288. The van der Waals surface area contributed by atoms with Gasteiger partial charge in [-0.15, -0.1) is 0 Å². The average Bonchev–Trinajstić information content (AvgIpc) is 3.26. The van der Waals surface area contributed by atoms with Gasteiger partial charge in [-0.2, -0.15) is 35.9 Å². The number of ether oxygens (including phenoxy) is 6. The van der Waals surface area contributed by atoms with E-state index >= 15 is 0 Å². The smallest absolute Gasteiger partial charge is 0.227 e. The van der Waals surface area contributed by atoms with Gasteiger partial charge in [0, 0.05) is 32.7 Å². The topological polar surface area (TPSA) is 96.3 Å². The van der Waals surface area contributed by atoms with Crippen molar-refractivity contribution < 1.29 is 65.9 Å². The molecule has 1 aliphatic heterocycles. The molecule has 1 amide bonds. The predicted molar refractivity (Wildman–Crippen MR) is 234 cm³/mol. The van der Waals surface area contributed by atoms with Crippen LogP contribution in [0.15, 0.2) is 170 Å². The Balaban J connectivity index is 0.000000712. The monoisotopic (exact) mass is 894 g/mol. The first-order chi connectivity index (χ1) is 29.2. The molecule has 315 valence electrons. The van der Waals surface area contributed by atoms with Crippen LogP contribution >= 0.6 is 0 Å². The number of carbonyl (C=O) groups excluding carboxylic acids is 1. The molecule has 6 aromatic rings. The Morgan fingerprint density at radius 1 is 0.574 bits per heavy atom. The van der Waals surface area contributed by atoms with Crippen LogP contribution in [-0.2, 0) is 94.0 Å². The van der Waals surface area contributed by atoms with Gasteiger partial charge in [0.15, 0.2) is 0 Å². The molecule has 9 heteroatoms. The van der Waals surface area contributed by atoms with E-state index in [1.807, 2.05) is 84.9 Å². The summed E-state index contributed by atoms with van der Waals surface area (Å²) >= 11 is 0. The van der Waals surface area contributed by atoms with Crippen LogP contribution in [0.4, 0.5) is 4.79 Å². The van der Waals surface area contributed by atoms with E-state index in [9.17, 15) is 4.79 Å². The van der Waals surface area contributed by atoms with Gasteiger partial charge in [0.1, 0.15) is 36.1 Å². The van der Waals surface area contributed by atoms with Crippen molar-refractivity contribution in [3.8, 4) is 0 Å². The van der Waals surface area contributed by atoms with Crippen LogP contribution in [0.1, 0.15) is 65.8 Å². The Morgan fingerprint density at radius 3 is 1.51 bits per heavy atom. The summed E-state index contributed by atoms with van der Waals surface area (Å²) in [5, 5.41) is 0. The normalized spacial score (nSPS) is 18.5. The molecule has 1 heterocycles. The zero-order valence-corrected chi connectivity index (χ0v) is 38.1. The molecule has 0 aromatic heterocycles. The molecule has 0 aliphatic carbocycles. The Kier molecular flexibility index (Phi) is 19.3. The van der Waals surface area contributed by atoms with Crippen molar-refractivity contribution in [3.63, 3.8) is 0 Å². The van der Waals surface area contributed by atoms with Gasteiger partial charge >= 0.3 is 0 Å².